The maximum absolute atomic E-state index is 12.1. The molecule has 0 saturated heterocycles. The molecule has 0 saturated carbocycles. The van der Waals surface area contributed by atoms with Crippen LogP contribution in [0.5, 0.6) is 0 Å². The molecule has 0 aliphatic heterocycles. The molecule has 0 fully saturated rings. The Labute approximate surface area is 136 Å². The van der Waals surface area contributed by atoms with E-state index in [-0.39, 0.29) is 5.91 Å². The third kappa shape index (κ3) is 3.65. The number of hydrazone groups is 1. The zero-order valence-electron chi connectivity index (χ0n) is 13.6. The lowest BCUT2D eigenvalue weighted by atomic mass is 9.90. The standard InChI is InChI=1S/C19H21N3O/c1-13-7-8-18(12-20-13)19(23)22-21-14(2)16-10-9-15-5-3-4-6-17(15)11-16/h7-12H,3-6H2,1-2H3,(H,22,23)/b21-14+. The number of rotatable bonds is 3. The molecule has 1 heterocycles. The predicted octanol–water partition coefficient (Wildman–Crippen LogP) is 3.42. The maximum Gasteiger partial charge on any atom is 0.272 e. The zero-order valence-corrected chi connectivity index (χ0v) is 13.6. The summed E-state index contributed by atoms with van der Waals surface area (Å²) in [6.07, 6.45) is 6.40. The normalized spacial score (nSPS) is 14.3. The van der Waals surface area contributed by atoms with Gasteiger partial charge in [-0.05, 0) is 74.4 Å². The SMILES string of the molecule is C/C(=N\NC(=O)c1ccc(C)nc1)c1ccc2c(c1)CCCC2. The van der Waals surface area contributed by atoms with Crippen LogP contribution < -0.4 is 5.43 Å². The second kappa shape index (κ2) is 6.73. The van der Waals surface area contributed by atoms with Crippen molar-refractivity contribution in [1.29, 1.82) is 0 Å². The number of hydrogen-bond donors (Lipinski definition) is 1. The predicted molar refractivity (Wildman–Crippen MR) is 91.7 cm³/mol. The summed E-state index contributed by atoms with van der Waals surface area (Å²) in [5.41, 5.74) is 8.74. The summed E-state index contributed by atoms with van der Waals surface area (Å²) in [5, 5.41) is 4.23. The van der Waals surface area contributed by atoms with Gasteiger partial charge in [0.15, 0.2) is 0 Å². The van der Waals surface area contributed by atoms with Gasteiger partial charge in [0, 0.05) is 11.9 Å². The molecule has 0 bridgehead atoms. The molecule has 0 unspecified atom stereocenters. The Bertz CT molecular complexity index is 748. The van der Waals surface area contributed by atoms with E-state index < -0.39 is 0 Å². The highest BCUT2D eigenvalue weighted by Gasteiger charge is 2.11. The van der Waals surface area contributed by atoms with Gasteiger partial charge in [0.25, 0.3) is 5.91 Å². The second-order valence-electron chi connectivity index (χ2n) is 6.02. The van der Waals surface area contributed by atoms with E-state index in [1.165, 1.54) is 30.4 Å². The fourth-order valence-electron chi connectivity index (χ4n) is 2.82. The smallest absolute Gasteiger partial charge is 0.267 e. The Hall–Kier alpha value is -2.49. The third-order valence-electron chi connectivity index (χ3n) is 4.26. The lowest BCUT2D eigenvalue weighted by molar-refractivity contribution is 0.0954. The van der Waals surface area contributed by atoms with Crippen molar-refractivity contribution < 1.29 is 4.79 Å². The summed E-state index contributed by atoms with van der Waals surface area (Å²) < 4.78 is 0. The van der Waals surface area contributed by atoms with Crippen molar-refractivity contribution in [3.05, 3.63) is 64.5 Å². The molecule has 1 N–H and O–H groups in total. The minimum atomic E-state index is -0.241. The fourth-order valence-corrected chi connectivity index (χ4v) is 2.82. The molecule has 0 spiro atoms. The zero-order chi connectivity index (χ0) is 16.2. The van der Waals surface area contributed by atoms with Crippen molar-refractivity contribution >= 4 is 11.6 Å². The molecule has 1 aromatic carbocycles. The number of carbonyl (C=O) groups excluding carboxylic acids is 1. The minimum absolute atomic E-state index is 0.241. The molecule has 1 aliphatic rings. The van der Waals surface area contributed by atoms with E-state index in [1.807, 2.05) is 19.9 Å². The molecule has 1 aliphatic carbocycles. The molecular weight excluding hydrogens is 286 g/mol. The average Bonchev–Trinajstić information content (AvgIpc) is 2.59. The number of hydrogen-bond acceptors (Lipinski definition) is 3. The summed E-state index contributed by atoms with van der Waals surface area (Å²) in [6.45, 7) is 3.80. The number of amides is 1. The van der Waals surface area contributed by atoms with Crippen molar-refractivity contribution in [2.75, 3.05) is 0 Å². The first-order valence-electron chi connectivity index (χ1n) is 8.03. The Balaban J connectivity index is 1.72. The maximum atomic E-state index is 12.1. The Kier molecular flexibility index (Phi) is 4.51. The second-order valence-corrected chi connectivity index (χ2v) is 6.02. The van der Waals surface area contributed by atoms with Crippen molar-refractivity contribution in [3.8, 4) is 0 Å². The van der Waals surface area contributed by atoms with Crippen molar-refractivity contribution in [1.82, 2.24) is 10.4 Å². The number of aryl methyl sites for hydroxylation is 3. The van der Waals surface area contributed by atoms with Crippen LogP contribution in [0.1, 0.15) is 52.5 Å². The quantitative estimate of drug-likeness (QED) is 0.698. The third-order valence-corrected chi connectivity index (χ3v) is 4.26. The van der Waals surface area contributed by atoms with E-state index in [1.54, 1.807) is 12.3 Å². The van der Waals surface area contributed by atoms with Gasteiger partial charge in [-0.2, -0.15) is 5.10 Å². The first-order chi connectivity index (χ1) is 11.1. The van der Waals surface area contributed by atoms with Gasteiger partial charge >= 0.3 is 0 Å². The van der Waals surface area contributed by atoms with Gasteiger partial charge in [-0.1, -0.05) is 12.1 Å². The molecule has 1 amide bonds. The number of carbonyl (C=O) groups is 1. The van der Waals surface area contributed by atoms with Gasteiger partial charge in [0.05, 0.1) is 11.3 Å². The van der Waals surface area contributed by atoms with E-state index in [0.717, 1.165) is 23.4 Å². The molecule has 0 atom stereocenters. The molecule has 118 valence electrons. The van der Waals surface area contributed by atoms with Crippen LogP contribution in [0.3, 0.4) is 0 Å². The number of nitrogens with one attached hydrogen (secondary N) is 1. The van der Waals surface area contributed by atoms with Crippen LogP contribution in [0, 0.1) is 6.92 Å². The van der Waals surface area contributed by atoms with Gasteiger partial charge in [0.1, 0.15) is 0 Å². The number of pyridine rings is 1. The molecule has 2 aromatic rings. The monoisotopic (exact) mass is 307 g/mol. The Morgan fingerprint density at radius 1 is 1.09 bits per heavy atom. The average molecular weight is 307 g/mol. The molecule has 4 nitrogen and oxygen atoms in total. The van der Waals surface area contributed by atoms with E-state index in [2.05, 4.69) is 33.7 Å². The Morgan fingerprint density at radius 3 is 2.57 bits per heavy atom. The van der Waals surface area contributed by atoms with Crippen LogP contribution in [0.25, 0.3) is 0 Å². The Morgan fingerprint density at radius 2 is 1.83 bits per heavy atom. The number of aromatic nitrogens is 1. The molecule has 0 radical (unpaired) electrons. The highest BCUT2D eigenvalue weighted by atomic mass is 16.2. The molecular formula is C19H21N3O. The fraction of sp³-hybridized carbons (Fsp3) is 0.316. The van der Waals surface area contributed by atoms with Crippen molar-refractivity contribution in [3.63, 3.8) is 0 Å². The minimum Gasteiger partial charge on any atom is -0.267 e. The highest BCUT2D eigenvalue weighted by molar-refractivity contribution is 6.01. The lowest BCUT2D eigenvalue weighted by Gasteiger charge is -2.16. The van der Waals surface area contributed by atoms with Crippen molar-refractivity contribution in [2.24, 2.45) is 5.10 Å². The van der Waals surface area contributed by atoms with E-state index in [4.69, 9.17) is 0 Å². The summed E-state index contributed by atoms with van der Waals surface area (Å²) >= 11 is 0. The van der Waals surface area contributed by atoms with Crippen LogP contribution in [0.4, 0.5) is 0 Å². The van der Waals surface area contributed by atoms with E-state index in [9.17, 15) is 4.79 Å². The van der Waals surface area contributed by atoms with Crippen LogP contribution in [-0.4, -0.2) is 16.6 Å². The van der Waals surface area contributed by atoms with Gasteiger partial charge in [0.2, 0.25) is 0 Å². The molecule has 23 heavy (non-hydrogen) atoms. The van der Waals surface area contributed by atoms with Crippen LogP contribution in [0.15, 0.2) is 41.6 Å². The first-order valence-corrected chi connectivity index (χ1v) is 8.03. The van der Waals surface area contributed by atoms with Gasteiger partial charge in [-0.15, -0.1) is 0 Å². The van der Waals surface area contributed by atoms with Gasteiger partial charge in [-0.25, -0.2) is 5.43 Å². The van der Waals surface area contributed by atoms with Crippen LogP contribution in [-0.2, 0) is 12.8 Å². The summed E-state index contributed by atoms with van der Waals surface area (Å²) in [7, 11) is 0. The van der Waals surface area contributed by atoms with E-state index >= 15 is 0 Å². The van der Waals surface area contributed by atoms with Gasteiger partial charge < -0.3 is 0 Å². The molecule has 4 heteroatoms. The molecule has 3 rings (SSSR count). The number of nitrogens with zero attached hydrogens (tertiary/aromatic N) is 2. The van der Waals surface area contributed by atoms with Crippen LogP contribution in [0.2, 0.25) is 0 Å². The van der Waals surface area contributed by atoms with Crippen molar-refractivity contribution in [2.45, 2.75) is 39.5 Å². The number of benzene rings is 1. The summed E-state index contributed by atoms with van der Waals surface area (Å²) in [4.78, 5) is 16.2. The first kappa shape index (κ1) is 15.4. The lowest BCUT2D eigenvalue weighted by Crippen LogP contribution is -2.19. The molecule has 1 aromatic heterocycles. The topological polar surface area (TPSA) is 54.4 Å². The summed E-state index contributed by atoms with van der Waals surface area (Å²) in [5.74, 6) is -0.241. The largest absolute Gasteiger partial charge is 0.272 e. The highest BCUT2D eigenvalue weighted by Crippen LogP contribution is 2.22. The van der Waals surface area contributed by atoms with Crippen LogP contribution >= 0.6 is 0 Å². The summed E-state index contributed by atoms with van der Waals surface area (Å²) in [6, 6.07) is 10.0. The number of fused-ring (bicyclic) bond motifs is 1. The van der Waals surface area contributed by atoms with Gasteiger partial charge in [-0.3, -0.25) is 9.78 Å². The van der Waals surface area contributed by atoms with E-state index in [0.29, 0.717) is 5.56 Å².